The van der Waals surface area contributed by atoms with Crippen LogP contribution in [0.15, 0.2) is 24.3 Å². The molecule has 8 unspecified atom stereocenters. The van der Waals surface area contributed by atoms with Gasteiger partial charge in [-0.05, 0) is 51.4 Å². The molecule has 11 heteroatoms. The molecule has 0 aromatic heterocycles. The Morgan fingerprint density at radius 2 is 0.825 bits per heavy atom. The van der Waals surface area contributed by atoms with Crippen LogP contribution >= 0.6 is 0 Å². The van der Waals surface area contributed by atoms with Crippen LogP contribution in [-0.2, 0) is 23.8 Å². The van der Waals surface area contributed by atoms with Crippen LogP contribution < -0.4 is 5.32 Å². The van der Waals surface area contributed by atoms with Crippen molar-refractivity contribution in [2.75, 3.05) is 13.2 Å². The average Bonchev–Trinajstić information content (AvgIpc) is 3.45. The van der Waals surface area contributed by atoms with E-state index < -0.39 is 67.4 Å². The fourth-order valence-electron chi connectivity index (χ4n) is 11.1. The van der Waals surface area contributed by atoms with Crippen molar-refractivity contribution in [3.05, 3.63) is 24.3 Å². The Labute approximate surface area is 492 Å². The maximum absolute atomic E-state index is 13.5. The van der Waals surface area contributed by atoms with Crippen LogP contribution in [0.2, 0.25) is 0 Å². The topological polar surface area (TPSA) is 175 Å². The van der Waals surface area contributed by atoms with E-state index in [-0.39, 0.29) is 13.0 Å². The fraction of sp³-hybridized carbons (Fsp3) is 0.913. The fourth-order valence-corrected chi connectivity index (χ4v) is 11.1. The second kappa shape index (κ2) is 57.6. The predicted molar refractivity (Wildman–Crippen MR) is 334 cm³/mol. The van der Waals surface area contributed by atoms with Crippen LogP contribution in [0.25, 0.3) is 0 Å². The molecule has 1 amide bonds. The summed E-state index contributed by atoms with van der Waals surface area (Å²) >= 11 is 0. The second-order valence-electron chi connectivity index (χ2n) is 24.3. The Balaban J connectivity index is 2.59. The molecule has 1 saturated heterocycles. The van der Waals surface area contributed by atoms with Gasteiger partial charge < -0.3 is 45.1 Å². The first-order chi connectivity index (χ1) is 39.2. The van der Waals surface area contributed by atoms with Gasteiger partial charge in [-0.15, -0.1) is 0 Å². The minimum Gasteiger partial charge on any atom is -0.454 e. The van der Waals surface area contributed by atoms with Gasteiger partial charge in [0.1, 0.15) is 24.4 Å². The highest BCUT2D eigenvalue weighted by atomic mass is 16.7. The standard InChI is InChI=1S/C69H131NO10/c1-4-7-10-13-16-19-22-25-27-29-30-31-32-33-35-36-38-41-44-47-50-53-56-62(73)68(77)70-60(61(72)55-52-49-46-43-40-24-21-18-15-12-9-6-3)59-78-69-67(66(76)65(75)63(58-71)79-69)80-64(74)57-54-51-48-45-42-39-37-34-28-26-23-20-17-14-11-8-5-2/h26,28,52,55,60-63,65-67,69,71-73,75-76H,4-25,27,29-51,53-54,56-59H2,1-3H3,(H,70,77)/b28-26+,55-52+. The molecule has 8 atom stereocenters. The largest absolute Gasteiger partial charge is 0.454 e. The summed E-state index contributed by atoms with van der Waals surface area (Å²) < 4.78 is 17.7. The van der Waals surface area contributed by atoms with Gasteiger partial charge in [0.25, 0.3) is 0 Å². The first-order valence-corrected chi connectivity index (χ1v) is 34.6. The third-order valence-electron chi connectivity index (χ3n) is 16.6. The molecule has 0 aliphatic carbocycles. The maximum Gasteiger partial charge on any atom is 0.306 e. The van der Waals surface area contributed by atoms with Crippen molar-refractivity contribution in [3.8, 4) is 0 Å². The van der Waals surface area contributed by atoms with Crippen molar-refractivity contribution >= 4 is 11.9 Å². The summed E-state index contributed by atoms with van der Waals surface area (Å²) in [6, 6.07) is -1.02. The molecule has 0 aromatic rings. The van der Waals surface area contributed by atoms with Crippen molar-refractivity contribution in [2.24, 2.45) is 0 Å². The molecule has 1 rings (SSSR count). The van der Waals surface area contributed by atoms with Crippen molar-refractivity contribution in [2.45, 2.75) is 391 Å². The number of aliphatic hydroxyl groups is 5. The Morgan fingerprint density at radius 1 is 0.475 bits per heavy atom. The van der Waals surface area contributed by atoms with Gasteiger partial charge in [-0.1, -0.05) is 308 Å². The molecule has 472 valence electrons. The summed E-state index contributed by atoms with van der Waals surface area (Å²) in [5.74, 6) is -1.18. The predicted octanol–water partition coefficient (Wildman–Crippen LogP) is 17.2. The van der Waals surface area contributed by atoms with Crippen LogP contribution in [0.5, 0.6) is 0 Å². The molecule has 0 saturated carbocycles. The minimum atomic E-state index is -1.61. The van der Waals surface area contributed by atoms with Gasteiger partial charge in [0, 0.05) is 6.42 Å². The summed E-state index contributed by atoms with van der Waals surface area (Å²) in [4.78, 5) is 26.6. The Bertz CT molecular complexity index is 1400. The Hall–Kier alpha value is -1.86. The van der Waals surface area contributed by atoms with Gasteiger partial charge in [0.05, 0.1) is 25.4 Å². The number of amides is 1. The molecule has 1 heterocycles. The van der Waals surface area contributed by atoms with Crippen LogP contribution in [0.1, 0.15) is 342 Å². The van der Waals surface area contributed by atoms with Crippen molar-refractivity contribution < 1.29 is 49.3 Å². The van der Waals surface area contributed by atoms with Crippen LogP contribution in [0, 0.1) is 0 Å². The van der Waals surface area contributed by atoms with Crippen molar-refractivity contribution in [3.63, 3.8) is 0 Å². The van der Waals surface area contributed by atoms with E-state index in [1.165, 1.54) is 225 Å². The first kappa shape index (κ1) is 76.2. The smallest absolute Gasteiger partial charge is 0.306 e. The highest BCUT2D eigenvalue weighted by Crippen LogP contribution is 2.26. The van der Waals surface area contributed by atoms with E-state index in [0.717, 1.165) is 70.6 Å². The normalized spacial score (nSPS) is 18.8. The molecule has 6 N–H and O–H groups in total. The number of carbonyl (C=O) groups excluding carboxylic acids is 2. The van der Waals surface area contributed by atoms with Gasteiger partial charge in [-0.2, -0.15) is 0 Å². The van der Waals surface area contributed by atoms with Crippen molar-refractivity contribution in [1.29, 1.82) is 0 Å². The number of aliphatic hydroxyl groups excluding tert-OH is 5. The maximum atomic E-state index is 13.5. The number of hydrogen-bond acceptors (Lipinski definition) is 10. The van der Waals surface area contributed by atoms with Crippen LogP contribution in [0.4, 0.5) is 0 Å². The minimum absolute atomic E-state index is 0.123. The van der Waals surface area contributed by atoms with E-state index in [1.807, 2.05) is 6.08 Å². The molecule has 11 nitrogen and oxygen atoms in total. The van der Waals surface area contributed by atoms with Gasteiger partial charge in [0.2, 0.25) is 5.91 Å². The molecule has 0 bridgehead atoms. The van der Waals surface area contributed by atoms with Gasteiger partial charge in [-0.3, -0.25) is 9.59 Å². The van der Waals surface area contributed by atoms with Gasteiger partial charge in [0.15, 0.2) is 12.4 Å². The summed E-state index contributed by atoms with van der Waals surface area (Å²) in [6.07, 6.45) is 57.9. The number of esters is 1. The number of hydrogen-bond donors (Lipinski definition) is 6. The Morgan fingerprint density at radius 3 is 1.21 bits per heavy atom. The third-order valence-corrected chi connectivity index (χ3v) is 16.6. The zero-order valence-corrected chi connectivity index (χ0v) is 52.5. The summed E-state index contributed by atoms with van der Waals surface area (Å²) in [5, 5.41) is 57.2. The average molecular weight is 1130 g/mol. The number of allylic oxidation sites excluding steroid dienone is 3. The molecular formula is C69H131NO10. The van der Waals surface area contributed by atoms with E-state index in [0.29, 0.717) is 19.3 Å². The SMILES string of the molecule is CCCCCCCC/C=C/CCCCCCCCCC(=O)OC1C(OCC(NC(=O)C(O)CCCCCCCCCCCCCCCCCCCCCCCC)C(O)/C=C/CCCCCCCCCCCC)OC(CO)C(O)C1O. The third kappa shape index (κ3) is 44.6. The number of carbonyl (C=O) groups is 2. The number of ether oxygens (including phenoxy) is 3. The molecule has 1 aliphatic heterocycles. The lowest BCUT2D eigenvalue weighted by atomic mass is 9.99. The number of rotatable bonds is 60. The summed E-state index contributed by atoms with van der Waals surface area (Å²) in [6.45, 7) is 5.83. The summed E-state index contributed by atoms with van der Waals surface area (Å²) in [7, 11) is 0. The molecule has 0 spiro atoms. The quantitative estimate of drug-likeness (QED) is 0.0195. The molecule has 0 aromatic carbocycles. The molecule has 1 aliphatic rings. The zero-order chi connectivity index (χ0) is 58.2. The molecule has 80 heavy (non-hydrogen) atoms. The van der Waals surface area contributed by atoms with E-state index >= 15 is 0 Å². The van der Waals surface area contributed by atoms with Gasteiger partial charge in [-0.25, -0.2) is 0 Å². The van der Waals surface area contributed by atoms with E-state index in [1.54, 1.807) is 6.08 Å². The molecular weight excluding hydrogens is 1000 g/mol. The lowest BCUT2D eigenvalue weighted by Crippen LogP contribution is -2.61. The van der Waals surface area contributed by atoms with E-state index in [4.69, 9.17) is 14.2 Å². The highest BCUT2D eigenvalue weighted by Gasteiger charge is 2.47. The lowest BCUT2D eigenvalue weighted by Gasteiger charge is -2.41. The first-order valence-electron chi connectivity index (χ1n) is 34.6. The second-order valence-corrected chi connectivity index (χ2v) is 24.3. The van der Waals surface area contributed by atoms with Gasteiger partial charge >= 0.3 is 5.97 Å². The molecule has 1 fully saturated rings. The van der Waals surface area contributed by atoms with E-state index in [9.17, 15) is 35.1 Å². The van der Waals surface area contributed by atoms with Crippen molar-refractivity contribution in [1.82, 2.24) is 5.32 Å². The molecule has 0 radical (unpaired) electrons. The highest BCUT2D eigenvalue weighted by molar-refractivity contribution is 5.80. The number of nitrogens with one attached hydrogen (secondary N) is 1. The summed E-state index contributed by atoms with van der Waals surface area (Å²) in [5.41, 5.74) is 0. The van der Waals surface area contributed by atoms with Crippen LogP contribution in [-0.4, -0.2) is 99.6 Å². The monoisotopic (exact) mass is 1130 g/mol. The van der Waals surface area contributed by atoms with Crippen LogP contribution in [0.3, 0.4) is 0 Å². The van der Waals surface area contributed by atoms with E-state index in [2.05, 4.69) is 38.2 Å². The zero-order valence-electron chi connectivity index (χ0n) is 52.5. The lowest BCUT2D eigenvalue weighted by molar-refractivity contribution is -0.305. The Kier molecular flexibility index (Phi) is 54.8. The number of unbranched alkanes of at least 4 members (excludes halogenated alkanes) is 44.